The molecule has 1 aromatic heterocycles. The van der Waals surface area contributed by atoms with Crippen LogP contribution >= 0.6 is 0 Å². The van der Waals surface area contributed by atoms with E-state index in [0.717, 1.165) is 42.2 Å². The van der Waals surface area contributed by atoms with Gasteiger partial charge in [-0.25, -0.2) is 9.59 Å². The van der Waals surface area contributed by atoms with Gasteiger partial charge in [0.2, 0.25) is 0 Å². The third-order valence-electron chi connectivity index (χ3n) is 5.32. The molecule has 0 aliphatic carbocycles. The number of aliphatic hydroxyl groups excluding tert-OH is 2. The normalized spacial score (nSPS) is 17.8. The molecule has 176 valence electrons. The summed E-state index contributed by atoms with van der Waals surface area (Å²) in [5, 5.41) is 34.9. The van der Waals surface area contributed by atoms with E-state index in [-0.39, 0.29) is 6.10 Å². The summed E-state index contributed by atoms with van der Waals surface area (Å²) in [6.07, 6.45) is -3.53. The summed E-state index contributed by atoms with van der Waals surface area (Å²) in [4.78, 5) is 21.8. The fraction of sp³-hybridized carbons (Fsp3) is 0.333. The van der Waals surface area contributed by atoms with Crippen molar-refractivity contribution in [1.29, 1.82) is 0 Å². The summed E-state index contributed by atoms with van der Waals surface area (Å²) >= 11 is 0. The van der Waals surface area contributed by atoms with E-state index in [4.69, 9.17) is 29.6 Å². The van der Waals surface area contributed by atoms with Gasteiger partial charge in [-0.2, -0.15) is 0 Å². The van der Waals surface area contributed by atoms with Crippen molar-refractivity contribution in [2.24, 2.45) is 0 Å². The first-order valence-corrected chi connectivity index (χ1v) is 10.4. The van der Waals surface area contributed by atoms with Crippen LogP contribution in [0, 0.1) is 6.92 Å². The second kappa shape index (κ2) is 10.5. The maximum atomic E-state index is 9.77. The van der Waals surface area contributed by atoms with Crippen molar-refractivity contribution >= 4 is 22.7 Å². The highest BCUT2D eigenvalue weighted by Crippen LogP contribution is 2.35. The molecule has 1 aliphatic rings. The number of furan rings is 1. The van der Waals surface area contributed by atoms with Gasteiger partial charge < -0.3 is 29.6 Å². The molecular formula is C24H27NO8. The number of nitrogens with zero attached hydrogens (tertiary/aromatic N) is 1. The van der Waals surface area contributed by atoms with Crippen molar-refractivity contribution in [1.82, 2.24) is 4.90 Å². The molecule has 1 aliphatic heterocycles. The fourth-order valence-corrected chi connectivity index (χ4v) is 3.64. The zero-order chi connectivity index (χ0) is 24.1. The third kappa shape index (κ3) is 5.89. The number of ether oxygens (including phenoxy) is 1. The van der Waals surface area contributed by atoms with Gasteiger partial charge in [0.1, 0.15) is 23.4 Å². The molecule has 2 aromatic carbocycles. The minimum atomic E-state index is -2.27. The van der Waals surface area contributed by atoms with Crippen molar-refractivity contribution in [3.05, 3.63) is 65.6 Å². The van der Waals surface area contributed by atoms with Crippen LogP contribution in [-0.2, 0) is 16.1 Å². The summed E-state index contributed by atoms with van der Waals surface area (Å²) in [5.74, 6) is -0.600. The zero-order valence-corrected chi connectivity index (χ0v) is 18.3. The standard InChI is InChI=1S/C20H21NO2.C4H6O6/c1-14-12-17-19(10-11-21(2)13-20(17)22-14)23-18-9-5-7-15-6-3-4-8-16(15)18;5-1(3(7)8)2(6)4(9)10/h3-9,12,19H,10-11,13H2,1-2H3;1-2,5-6H,(H,7,8)(H,9,10). The first-order valence-electron chi connectivity index (χ1n) is 10.4. The second-order valence-electron chi connectivity index (χ2n) is 7.91. The third-order valence-corrected chi connectivity index (χ3v) is 5.32. The van der Waals surface area contributed by atoms with Gasteiger partial charge in [0, 0.05) is 23.9 Å². The molecule has 4 N–H and O–H groups in total. The van der Waals surface area contributed by atoms with E-state index >= 15 is 0 Å². The molecule has 0 bridgehead atoms. The van der Waals surface area contributed by atoms with Crippen LogP contribution in [0.3, 0.4) is 0 Å². The molecular weight excluding hydrogens is 430 g/mol. The van der Waals surface area contributed by atoms with E-state index in [1.165, 1.54) is 10.9 Å². The van der Waals surface area contributed by atoms with Gasteiger partial charge in [0.05, 0.1) is 6.54 Å². The average molecular weight is 457 g/mol. The molecule has 0 spiro atoms. The molecule has 0 radical (unpaired) electrons. The number of benzene rings is 2. The van der Waals surface area contributed by atoms with E-state index in [1.807, 2.05) is 6.92 Å². The maximum absolute atomic E-state index is 9.77. The van der Waals surface area contributed by atoms with Crippen LogP contribution < -0.4 is 4.74 Å². The molecule has 3 unspecified atom stereocenters. The van der Waals surface area contributed by atoms with Crippen molar-refractivity contribution in [2.75, 3.05) is 13.6 Å². The molecule has 9 nitrogen and oxygen atoms in total. The number of carboxylic acid groups (broad SMARTS) is 2. The molecule has 33 heavy (non-hydrogen) atoms. The van der Waals surface area contributed by atoms with E-state index in [2.05, 4.69) is 60.5 Å². The summed E-state index contributed by atoms with van der Waals surface area (Å²) in [6, 6.07) is 16.7. The molecule has 3 aromatic rings. The summed E-state index contributed by atoms with van der Waals surface area (Å²) in [7, 11) is 2.13. The highest BCUT2D eigenvalue weighted by molar-refractivity contribution is 5.88. The molecule has 2 heterocycles. The lowest BCUT2D eigenvalue weighted by Gasteiger charge is -2.19. The Morgan fingerprint density at radius 1 is 1.06 bits per heavy atom. The number of carboxylic acids is 2. The molecule has 0 fully saturated rings. The fourth-order valence-electron chi connectivity index (χ4n) is 3.64. The van der Waals surface area contributed by atoms with Crippen LogP contribution in [-0.4, -0.2) is 63.1 Å². The van der Waals surface area contributed by atoms with Crippen LogP contribution in [0.4, 0.5) is 0 Å². The van der Waals surface area contributed by atoms with Crippen LogP contribution in [0.1, 0.15) is 29.6 Å². The summed E-state index contributed by atoms with van der Waals surface area (Å²) in [5.41, 5.74) is 1.19. The smallest absolute Gasteiger partial charge is 0.335 e. The average Bonchev–Trinajstić information content (AvgIpc) is 3.08. The Morgan fingerprint density at radius 2 is 1.70 bits per heavy atom. The molecule has 0 saturated heterocycles. The largest absolute Gasteiger partial charge is 0.485 e. The van der Waals surface area contributed by atoms with Crippen LogP contribution in [0.2, 0.25) is 0 Å². The van der Waals surface area contributed by atoms with E-state index in [9.17, 15) is 9.59 Å². The van der Waals surface area contributed by atoms with Gasteiger partial charge in [-0.05, 0) is 31.5 Å². The van der Waals surface area contributed by atoms with Crippen molar-refractivity contribution < 1.29 is 39.2 Å². The summed E-state index contributed by atoms with van der Waals surface area (Å²) in [6.45, 7) is 3.85. The lowest BCUT2D eigenvalue weighted by atomic mass is 10.1. The monoisotopic (exact) mass is 457 g/mol. The molecule has 3 atom stereocenters. The van der Waals surface area contributed by atoms with Crippen molar-refractivity contribution in [2.45, 2.75) is 38.2 Å². The second-order valence-corrected chi connectivity index (χ2v) is 7.91. The number of aliphatic hydroxyl groups is 2. The Morgan fingerprint density at radius 3 is 2.36 bits per heavy atom. The quantitative estimate of drug-likeness (QED) is 0.455. The lowest BCUT2D eigenvalue weighted by molar-refractivity contribution is -0.165. The number of rotatable bonds is 5. The molecule has 0 saturated carbocycles. The van der Waals surface area contributed by atoms with Gasteiger partial charge in [0.15, 0.2) is 12.2 Å². The van der Waals surface area contributed by atoms with Gasteiger partial charge in [-0.15, -0.1) is 0 Å². The SMILES string of the molecule is Cc1cc2c(o1)CN(C)CCC2Oc1cccc2ccccc12.O=C(O)C(O)C(O)C(=O)O. The Hall–Kier alpha value is -3.40. The van der Waals surface area contributed by atoms with Gasteiger partial charge in [-0.3, -0.25) is 4.90 Å². The number of carbonyl (C=O) groups is 2. The summed E-state index contributed by atoms with van der Waals surface area (Å²) < 4.78 is 12.3. The molecule has 9 heteroatoms. The number of aryl methyl sites for hydroxylation is 1. The lowest BCUT2D eigenvalue weighted by Crippen LogP contribution is -2.39. The Bertz CT molecular complexity index is 1100. The van der Waals surface area contributed by atoms with Crippen LogP contribution in [0.5, 0.6) is 5.75 Å². The minimum absolute atomic E-state index is 0.0400. The van der Waals surface area contributed by atoms with E-state index < -0.39 is 24.1 Å². The van der Waals surface area contributed by atoms with Gasteiger partial charge >= 0.3 is 11.9 Å². The van der Waals surface area contributed by atoms with Gasteiger partial charge in [-0.1, -0.05) is 36.4 Å². The topological polar surface area (TPSA) is 141 Å². The van der Waals surface area contributed by atoms with E-state index in [0.29, 0.717) is 0 Å². The predicted molar refractivity (Wildman–Crippen MR) is 119 cm³/mol. The Labute approximate surface area is 190 Å². The van der Waals surface area contributed by atoms with E-state index in [1.54, 1.807) is 0 Å². The Balaban J connectivity index is 0.000000262. The minimum Gasteiger partial charge on any atom is -0.485 e. The molecule has 0 amide bonds. The first-order chi connectivity index (χ1) is 15.7. The first kappa shape index (κ1) is 24.2. The van der Waals surface area contributed by atoms with Crippen LogP contribution in [0.15, 0.2) is 52.9 Å². The van der Waals surface area contributed by atoms with Crippen molar-refractivity contribution in [3.63, 3.8) is 0 Å². The maximum Gasteiger partial charge on any atom is 0.335 e. The molecule has 4 rings (SSSR count). The number of aliphatic carboxylic acids is 2. The number of hydrogen-bond acceptors (Lipinski definition) is 7. The van der Waals surface area contributed by atoms with Gasteiger partial charge in [0.25, 0.3) is 0 Å². The highest BCUT2D eigenvalue weighted by atomic mass is 16.5. The Kier molecular flexibility index (Phi) is 7.70. The van der Waals surface area contributed by atoms with Crippen molar-refractivity contribution in [3.8, 4) is 5.75 Å². The van der Waals surface area contributed by atoms with Crippen LogP contribution in [0.25, 0.3) is 10.8 Å². The zero-order valence-electron chi connectivity index (χ0n) is 18.3. The number of fused-ring (bicyclic) bond motifs is 2. The predicted octanol–water partition coefficient (Wildman–Crippen LogP) is 2.57. The number of hydrogen-bond donors (Lipinski definition) is 4. The highest BCUT2D eigenvalue weighted by Gasteiger charge is 2.29.